The third-order valence-corrected chi connectivity index (χ3v) is 3.20. The standard InChI is InChI=1S/C15H10Cl2O3/c16-10-5-6-11(12(17)8-10)13(18)7-4-9-2-1-3-14(19)15(9)20/h1-8,19-20H. The summed E-state index contributed by atoms with van der Waals surface area (Å²) in [5.41, 5.74) is 0.649. The average molecular weight is 309 g/mol. The molecule has 0 aliphatic heterocycles. The Hall–Kier alpha value is -1.97. The second-order valence-electron chi connectivity index (χ2n) is 4.04. The Morgan fingerprint density at radius 1 is 1.10 bits per heavy atom. The van der Waals surface area contributed by atoms with Crippen molar-refractivity contribution in [2.24, 2.45) is 0 Å². The topological polar surface area (TPSA) is 57.5 Å². The van der Waals surface area contributed by atoms with Crippen molar-refractivity contribution in [2.75, 3.05) is 0 Å². The molecular weight excluding hydrogens is 299 g/mol. The maximum atomic E-state index is 12.0. The van der Waals surface area contributed by atoms with Crippen LogP contribution in [-0.2, 0) is 0 Å². The molecule has 0 amide bonds. The summed E-state index contributed by atoms with van der Waals surface area (Å²) in [7, 11) is 0. The van der Waals surface area contributed by atoms with E-state index in [1.807, 2.05) is 0 Å². The lowest BCUT2D eigenvalue weighted by Crippen LogP contribution is -1.95. The molecular formula is C15H10Cl2O3. The van der Waals surface area contributed by atoms with Crippen LogP contribution in [0.3, 0.4) is 0 Å². The van der Waals surface area contributed by atoms with Gasteiger partial charge in [0.05, 0.1) is 5.02 Å². The average Bonchev–Trinajstić information content (AvgIpc) is 2.40. The second kappa shape index (κ2) is 5.99. The molecule has 2 N–H and O–H groups in total. The van der Waals surface area contributed by atoms with Crippen LogP contribution >= 0.6 is 23.2 Å². The number of carbonyl (C=O) groups is 1. The minimum atomic E-state index is -0.325. The fourth-order valence-electron chi connectivity index (χ4n) is 1.63. The van der Waals surface area contributed by atoms with Gasteiger partial charge >= 0.3 is 0 Å². The summed E-state index contributed by atoms with van der Waals surface area (Å²) in [5, 5.41) is 19.7. The summed E-state index contributed by atoms with van der Waals surface area (Å²) in [6.07, 6.45) is 2.67. The van der Waals surface area contributed by atoms with E-state index in [0.29, 0.717) is 16.1 Å². The molecule has 0 spiro atoms. The fraction of sp³-hybridized carbons (Fsp3) is 0. The highest BCUT2D eigenvalue weighted by molar-refractivity contribution is 6.37. The lowest BCUT2D eigenvalue weighted by atomic mass is 10.1. The molecule has 0 aliphatic carbocycles. The predicted octanol–water partition coefficient (Wildman–Crippen LogP) is 4.30. The zero-order valence-corrected chi connectivity index (χ0v) is 11.7. The fourth-order valence-corrected chi connectivity index (χ4v) is 2.13. The summed E-state index contributed by atoms with van der Waals surface area (Å²) in [6.45, 7) is 0. The van der Waals surface area contributed by atoms with Gasteiger partial charge in [0.15, 0.2) is 17.3 Å². The van der Waals surface area contributed by atoms with E-state index in [2.05, 4.69) is 0 Å². The number of carbonyl (C=O) groups excluding carboxylic acids is 1. The Kier molecular flexibility index (Phi) is 4.32. The Bertz CT molecular complexity index is 694. The second-order valence-corrected chi connectivity index (χ2v) is 4.88. The molecule has 0 heterocycles. The zero-order valence-electron chi connectivity index (χ0n) is 10.2. The van der Waals surface area contributed by atoms with Gasteiger partial charge in [0.1, 0.15) is 0 Å². The highest BCUT2D eigenvalue weighted by atomic mass is 35.5. The lowest BCUT2D eigenvalue weighted by molar-refractivity contribution is 0.104. The normalized spacial score (nSPS) is 10.9. The molecule has 0 fully saturated rings. The van der Waals surface area contributed by atoms with Crippen LogP contribution in [0, 0.1) is 0 Å². The van der Waals surface area contributed by atoms with E-state index >= 15 is 0 Å². The number of benzene rings is 2. The van der Waals surface area contributed by atoms with Crippen molar-refractivity contribution in [3.8, 4) is 11.5 Å². The molecule has 3 nitrogen and oxygen atoms in total. The summed E-state index contributed by atoms with van der Waals surface area (Å²) in [6, 6.07) is 9.07. The summed E-state index contributed by atoms with van der Waals surface area (Å²) >= 11 is 11.7. The predicted molar refractivity (Wildman–Crippen MR) is 79.6 cm³/mol. The van der Waals surface area contributed by atoms with Crippen LogP contribution in [0.5, 0.6) is 11.5 Å². The minimum absolute atomic E-state index is 0.246. The molecule has 0 unspecified atom stereocenters. The number of ketones is 1. The Morgan fingerprint density at radius 2 is 1.85 bits per heavy atom. The van der Waals surface area contributed by atoms with Crippen LogP contribution in [0.2, 0.25) is 10.0 Å². The molecule has 20 heavy (non-hydrogen) atoms. The van der Waals surface area contributed by atoms with Gasteiger partial charge in [-0.1, -0.05) is 35.3 Å². The van der Waals surface area contributed by atoms with E-state index in [1.165, 1.54) is 30.4 Å². The Morgan fingerprint density at radius 3 is 2.55 bits per heavy atom. The molecule has 2 aromatic carbocycles. The van der Waals surface area contributed by atoms with Crippen molar-refractivity contribution in [1.82, 2.24) is 0 Å². The van der Waals surface area contributed by atoms with Gasteiger partial charge in [-0.3, -0.25) is 4.79 Å². The molecule has 102 valence electrons. The molecule has 0 saturated heterocycles. The number of hydrogen-bond acceptors (Lipinski definition) is 3. The first-order valence-corrected chi connectivity index (χ1v) is 6.43. The molecule has 0 aromatic heterocycles. The quantitative estimate of drug-likeness (QED) is 0.505. The number of allylic oxidation sites excluding steroid dienone is 1. The molecule has 0 radical (unpaired) electrons. The molecule has 2 aromatic rings. The first-order chi connectivity index (χ1) is 9.49. The molecule has 5 heteroatoms. The van der Waals surface area contributed by atoms with Crippen LogP contribution in [-0.4, -0.2) is 16.0 Å². The van der Waals surface area contributed by atoms with Crippen molar-refractivity contribution in [2.45, 2.75) is 0 Å². The number of phenols is 2. The number of halogens is 2. The van der Waals surface area contributed by atoms with Crippen molar-refractivity contribution < 1.29 is 15.0 Å². The van der Waals surface area contributed by atoms with E-state index < -0.39 is 0 Å². The molecule has 2 rings (SSSR count). The maximum absolute atomic E-state index is 12.0. The molecule has 0 bridgehead atoms. The van der Waals surface area contributed by atoms with Gasteiger partial charge < -0.3 is 10.2 Å². The smallest absolute Gasteiger partial charge is 0.187 e. The summed E-state index contributed by atoms with van der Waals surface area (Å²) in [5.74, 6) is -0.850. The van der Waals surface area contributed by atoms with Crippen LogP contribution in [0.4, 0.5) is 0 Å². The monoisotopic (exact) mass is 308 g/mol. The molecule has 0 aliphatic rings. The van der Waals surface area contributed by atoms with Gasteiger partial charge in [0.25, 0.3) is 0 Å². The highest BCUT2D eigenvalue weighted by Gasteiger charge is 2.08. The van der Waals surface area contributed by atoms with Crippen LogP contribution < -0.4 is 0 Å². The zero-order chi connectivity index (χ0) is 14.7. The maximum Gasteiger partial charge on any atom is 0.187 e. The first-order valence-electron chi connectivity index (χ1n) is 5.67. The first kappa shape index (κ1) is 14.4. The minimum Gasteiger partial charge on any atom is -0.504 e. The van der Waals surface area contributed by atoms with E-state index in [9.17, 15) is 15.0 Å². The van der Waals surface area contributed by atoms with Gasteiger partial charge in [-0.05, 0) is 36.4 Å². The number of aromatic hydroxyl groups is 2. The van der Waals surface area contributed by atoms with Crippen LogP contribution in [0.15, 0.2) is 42.5 Å². The van der Waals surface area contributed by atoms with Crippen molar-refractivity contribution in [1.29, 1.82) is 0 Å². The van der Waals surface area contributed by atoms with Crippen molar-refractivity contribution in [3.63, 3.8) is 0 Å². The Balaban J connectivity index is 2.27. The molecule has 0 saturated carbocycles. The van der Waals surface area contributed by atoms with Gasteiger partial charge in [-0.2, -0.15) is 0 Å². The largest absolute Gasteiger partial charge is 0.504 e. The summed E-state index contributed by atoms with van der Waals surface area (Å²) in [4.78, 5) is 12.0. The highest BCUT2D eigenvalue weighted by Crippen LogP contribution is 2.29. The van der Waals surface area contributed by atoms with Crippen LogP contribution in [0.25, 0.3) is 6.08 Å². The van der Waals surface area contributed by atoms with Crippen LogP contribution in [0.1, 0.15) is 15.9 Å². The van der Waals surface area contributed by atoms with Gasteiger partial charge in [0.2, 0.25) is 0 Å². The van der Waals surface area contributed by atoms with Gasteiger partial charge in [-0.25, -0.2) is 0 Å². The third-order valence-electron chi connectivity index (χ3n) is 2.66. The van der Waals surface area contributed by atoms with E-state index in [1.54, 1.807) is 18.2 Å². The van der Waals surface area contributed by atoms with Crippen molar-refractivity contribution >= 4 is 35.1 Å². The number of phenolic OH excluding ortho intramolecular Hbond substituents is 2. The number of para-hydroxylation sites is 1. The van der Waals surface area contributed by atoms with Crippen molar-refractivity contribution in [3.05, 3.63) is 63.6 Å². The lowest BCUT2D eigenvalue weighted by Gasteiger charge is -2.02. The third kappa shape index (κ3) is 3.13. The Labute approximate surface area is 125 Å². The number of rotatable bonds is 3. The molecule has 0 atom stereocenters. The van der Waals surface area contributed by atoms with E-state index in [4.69, 9.17) is 23.2 Å². The van der Waals surface area contributed by atoms with E-state index in [-0.39, 0.29) is 22.3 Å². The number of hydrogen-bond donors (Lipinski definition) is 2. The van der Waals surface area contributed by atoms with Gasteiger partial charge in [-0.15, -0.1) is 0 Å². The van der Waals surface area contributed by atoms with E-state index in [0.717, 1.165) is 0 Å². The SMILES string of the molecule is O=C(C=Cc1cccc(O)c1O)c1ccc(Cl)cc1Cl. The summed E-state index contributed by atoms with van der Waals surface area (Å²) < 4.78 is 0. The van der Waals surface area contributed by atoms with Gasteiger partial charge in [0, 0.05) is 16.1 Å².